The number of rotatable bonds is 10. The van der Waals surface area contributed by atoms with Gasteiger partial charge in [-0.15, -0.1) is 0 Å². The molecule has 1 unspecified atom stereocenters. The number of aliphatic hydroxyl groups excluding tert-OH is 1. The van der Waals surface area contributed by atoms with Crippen LogP contribution in [-0.2, 0) is 20.2 Å². The molecule has 0 amide bonds. The zero-order valence-corrected chi connectivity index (χ0v) is 29.1. The molecular formula is C26H26N6Na2O7S2. The van der Waals surface area contributed by atoms with E-state index in [0.717, 1.165) is 0 Å². The van der Waals surface area contributed by atoms with Gasteiger partial charge in [-0.3, -0.25) is 9.11 Å². The summed E-state index contributed by atoms with van der Waals surface area (Å²) in [5, 5.41) is 15.6. The second kappa shape index (κ2) is 15.5. The molecule has 0 aliphatic heterocycles. The molecule has 0 aliphatic rings. The molecule has 1 aromatic heterocycles. The number of aliphatic hydroxyl groups is 1. The van der Waals surface area contributed by atoms with E-state index in [0.29, 0.717) is 5.69 Å². The van der Waals surface area contributed by atoms with Crippen molar-refractivity contribution in [3.63, 3.8) is 0 Å². The predicted molar refractivity (Wildman–Crippen MR) is 166 cm³/mol. The molecule has 0 fully saturated rings. The summed E-state index contributed by atoms with van der Waals surface area (Å²) < 4.78 is 67.9. The Bertz CT molecular complexity index is 1830. The summed E-state index contributed by atoms with van der Waals surface area (Å²) in [5.41, 5.74) is 6.58. The molecule has 216 valence electrons. The molecule has 4 aromatic rings. The smallest absolute Gasteiger partial charge is 0.297 e. The van der Waals surface area contributed by atoms with E-state index in [-0.39, 0.29) is 106 Å². The summed E-state index contributed by atoms with van der Waals surface area (Å²) in [6.07, 6.45) is 1.77. The van der Waals surface area contributed by atoms with E-state index in [1.165, 1.54) is 48.6 Å². The van der Waals surface area contributed by atoms with Gasteiger partial charge in [-0.2, -0.15) is 31.8 Å². The molecule has 17 heteroatoms. The van der Waals surface area contributed by atoms with Crippen LogP contribution in [-0.4, -0.2) is 118 Å². The van der Waals surface area contributed by atoms with Crippen LogP contribution in [0.15, 0.2) is 76.5 Å². The van der Waals surface area contributed by atoms with Gasteiger partial charge in [0.25, 0.3) is 20.2 Å². The average molecular weight is 645 g/mol. The van der Waals surface area contributed by atoms with Gasteiger partial charge in [0.1, 0.15) is 9.79 Å². The van der Waals surface area contributed by atoms with Crippen LogP contribution in [0.25, 0.3) is 23.5 Å². The molecule has 1 heterocycles. The van der Waals surface area contributed by atoms with Crippen LogP contribution >= 0.6 is 0 Å². The Morgan fingerprint density at radius 2 is 1.42 bits per heavy atom. The number of hydrogen-bond acceptors (Lipinski definition) is 11. The fourth-order valence-corrected chi connectivity index (χ4v) is 5.29. The maximum Gasteiger partial charge on any atom is 0.297 e. The monoisotopic (exact) mass is 644 g/mol. The SMILES string of the molecule is CC(O)CNc1nc(Nc2ccccc2)nc(-c2ccc(C=Cc3ccccc3S(=O)(=O)O)c(S(=O)(=O)O)c2N)n1.[Na].[Na]. The minimum Gasteiger partial charge on any atom is -0.397 e. The number of nitrogens with zero attached hydrogens (tertiary/aromatic N) is 3. The molecule has 13 nitrogen and oxygen atoms in total. The molecule has 4 rings (SSSR count). The first kappa shape index (κ1) is 36.8. The number of aromatic nitrogens is 3. The summed E-state index contributed by atoms with van der Waals surface area (Å²) in [6, 6.07) is 17.3. The Kier molecular flexibility index (Phi) is 13.3. The van der Waals surface area contributed by atoms with Gasteiger partial charge < -0.3 is 21.5 Å². The van der Waals surface area contributed by atoms with Crippen LogP contribution in [0.5, 0.6) is 0 Å². The van der Waals surface area contributed by atoms with Crippen molar-refractivity contribution in [3.8, 4) is 11.4 Å². The second-order valence-electron chi connectivity index (χ2n) is 8.79. The molecule has 1 atom stereocenters. The van der Waals surface area contributed by atoms with Crippen molar-refractivity contribution >= 4 is 115 Å². The normalized spacial score (nSPS) is 12.2. The molecule has 0 spiro atoms. The largest absolute Gasteiger partial charge is 0.397 e. The second-order valence-corrected chi connectivity index (χ2v) is 11.5. The van der Waals surface area contributed by atoms with E-state index in [1.54, 1.807) is 31.2 Å². The van der Waals surface area contributed by atoms with Gasteiger partial charge in [0.15, 0.2) is 5.82 Å². The predicted octanol–water partition coefficient (Wildman–Crippen LogP) is 2.56. The number of nitrogens with one attached hydrogen (secondary N) is 2. The zero-order valence-electron chi connectivity index (χ0n) is 23.5. The van der Waals surface area contributed by atoms with Gasteiger partial charge >= 0.3 is 0 Å². The van der Waals surface area contributed by atoms with Crippen molar-refractivity contribution in [1.82, 2.24) is 15.0 Å². The van der Waals surface area contributed by atoms with Crippen LogP contribution in [0, 0.1) is 0 Å². The van der Waals surface area contributed by atoms with Crippen LogP contribution < -0.4 is 16.4 Å². The molecule has 2 radical (unpaired) electrons. The molecule has 0 aliphatic carbocycles. The van der Waals surface area contributed by atoms with Crippen LogP contribution in [0.1, 0.15) is 18.1 Å². The zero-order chi connectivity index (χ0) is 29.8. The van der Waals surface area contributed by atoms with E-state index in [2.05, 4.69) is 25.6 Å². The minimum absolute atomic E-state index is 0. The maximum atomic E-state index is 12.4. The van der Waals surface area contributed by atoms with Crippen molar-refractivity contribution in [2.24, 2.45) is 0 Å². The van der Waals surface area contributed by atoms with Gasteiger partial charge in [-0.05, 0) is 42.3 Å². The standard InChI is InChI=1S/C26H26N6O7S2.2Na/c1-16(33)15-28-25-30-24(31-26(32-25)29-19-8-3-2-4-9-19)20-14-13-18(23(22(20)27)41(37,38)39)12-11-17-7-5-6-10-21(17)40(34,35)36;;/h2-14,16,33H,15,27H2,1H3,(H,34,35,36)(H,37,38,39)(H2,28,29,30,31,32);;. The molecule has 3 aromatic carbocycles. The first-order valence-corrected chi connectivity index (χ1v) is 14.9. The van der Waals surface area contributed by atoms with Gasteiger partial charge in [0.05, 0.1) is 11.8 Å². The van der Waals surface area contributed by atoms with Crippen molar-refractivity contribution in [3.05, 3.63) is 77.9 Å². The van der Waals surface area contributed by atoms with Gasteiger partial charge in [-0.25, -0.2) is 0 Å². The third kappa shape index (κ3) is 9.79. The first-order chi connectivity index (χ1) is 19.3. The number of para-hydroxylation sites is 1. The fraction of sp³-hybridized carbons (Fsp3) is 0.115. The summed E-state index contributed by atoms with van der Waals surface area (Å²) in [6.45, 7) is 1.67. The molecular weight excluding hydrogens is 618 g/mol. The summed E-state index contributed by atoms with van der Waals surface area (Å²) in [4.78, 5) is 11.9. The molecule has 0 bridgehead atoms. The van der Waals surface area contributed by atoms with E-state index >= 15 is 0 Å². The Balaban J connectivity index is 0.00000323. The number of hydrogen-bond donors (Lipinski definition) is 6. The van der Waals surface area contributed by atoms with Crippen molar-refractivity contribution in [2.45, 2.75) is 22.8 Å². The fourth-order valence-electron chi connectivity index (χ4n) is 3.78. The molecule has 0 saturated carbocycles. The summed E-state index contributed by atoms with van der Waals surface area (Å²) in [7, 11) is -9.47. The van der Waals surface area contributed by atoms with Gasteiger partial charge in [0, 0.05) is 76.9 Å². The third-order valence-electron chi connectivity index (χ3n) is 5.59. The minimum atomic E-state index is -4.91. The molecule has 7 N–H and O–H groups in total. The summed E-state index contributed by atoms with van der Waals surface area (Å²) >= 11 is 0. The molecule has 0 saturated heterocycles. The third-order valence-corrected chi connectivity index (χ3v) is 7.48. The van der Waals surface area contributed by atoms with E-state index in [1.807, 2.05) is 6.07 Å². The van der Waals surface area contributed by atoms with Crippen molar-refractivity contribution < 1.29 is 31.0 Å². The maximum absolute atomic E-state index is 12.4. The van der Waals surface area contributed by atoms with Crippen molar-refractivity contribution in [2.75, 3.05) is 22.9 Å². The van der Waals surface area contributed by atoms with Crippen LogP contribution in [0.3, 0.4) is 0 Å². The number of nitrogens with two attached hydrogens (primary N) is 1. The number of anilines is 4. The van der Waals surface area contributed by atoms with Gasteiger partial charge in [0.2, 0.25) is 11.9 Å². The number of benzene rings is 3. The topological polar surface area (TPSA) is 218 Å². The number of nitrogen functional groups attached to an aromatic ring is 1. The quantitative estimate of drug-likeness (QED) is 0.0634. The Hall–Kier alpha value is -2.41. The first-order valence-electron chi connectivity index (χ1n) is 12.0. The Morgan fingerprint density at radius 3 is 2.05 bits per heavy atom. The van der Waals surface area contributed by atoms with E-state index < -0.39 is 36.1 Å². The average Bonchev–Trinajstić information content (AvgIpc) is 2.90. The van der Waals surface area contributed by atoms with E-state index in [4.69, 9.17) is 5.73 Å². The van der Waals surface area contributed by atoms with Crippen molar-refractivity contribution in [1.29, 1.82) is 0 Å². The molecule has 43 heavy (non-hydrogen) atoms. The summed E-state index contributed by atoms with van der Waals surface area (Å²) in [5.74, 6) is 0.113. The Morgan fingerprint density at radius 1 is 0.814 bits per heavy atom. The van der Waals surface area contributed by atoms with E-state index in [9.17, 15) is 31.0 Å². The van der Waals surface area contributed by atoms with Crippen LogP contribution in [0.2, 0.25) is 0 Å². The van der Waals surface area contributed by atoms with Crippen LogP contribution in [0.4, 0.5) is 23.3 Å². The van der Waals surface area contributed by atoms with Gasteiger partial charge in [-0.1, -0.05) is 54.6 Å². The Labute approximate surface area is 293 Å².